The number of carboxylic acids is 1. The molecule has 0 amide bonds. The van der Waals surface area contributed by atoms with Crippen molar-refractivity contribution >= 4 is 5.97 Å². The van der Waals surface area contributed by atoms with Crippen molar-refractivity contribution in [3.05, 3.63) is 58.9 Å². The molecule has 1 aliphatic carbocycles. The van der Waals surface area contributed by atoms with Crippen LogP contribution in [0.4, 0.5) is 0 Å². The van der Waals surface area contributed by atoms with Gasteiger partial charge in [0.2, 0.25) is 0 Å². The summed E-state index contributed by atoms with van der Waals surface area (Å²) < 4.78 is 0. The number of aromatic hydroxyl groups is 2. The first-order valence-corrected chi connectivity index (χ1v) is 9.41. The predicted molar refractivity (Wildman–Crippen MR) is 115 cm³/mol. The van der Waals surface area contributed by atoms with Gasteiger partial charge in [-0.3, -0.25) is 0 Å². The molecule has 0 radical (unpaired) electrons. The molecule has 2 atom stereocenters. The maximum absolute atomic E-state index is 11.8. The van der Waals surface area contributed by atoms with Crippen molar-refractivity contribution in [2.24, 2.45) is 5.92 Å². The Morgan fingerprint density at radius 3 is 2.38 bits per heavy atom. The summed E-state index contributed by atoms with van der Waals surface area (Å²) in [6.07, 6.45) is 7.19. The Balaban J connectivity index is 0. The molecule has 0 fully saturated rings. The van der Waals surface area contributed by atoms with E-state index < -0.39 is 5.97 Å². The first-order chi connectivity index (χ1) is 12.3. The molecule has 2 unspecified atom stereocenters. The number of phenols is 2. The Hall–Kier alpha value is -1.62. The summed E-state index contributed by atoms with van der Waals surface area (Å²) in [6.45, 7) is 10.1. The summed E-state index contributed by atoms with van der Waals surface area (Å²) >= 11 is 0. The third-order valence-corrected chi connectivity index (χ3v) is 5.38. The van der Waals surface area contributed by atoms with Gasteiger partial charge >= 0.3 is 27.0 Å². The zero-order valence-electron chi connectivity index (χ0n) is 17.5. The summed E-state index contributed by atoms with van der Waals surface area (Å²) in [7, 11) is 0. The normalized spacial score (nSPS) is 17.8. The monoisotopic (exact) mass is 585 g/mol. The summed E-state index contributed by atoms with van der Waals surface area (Å²) in [6, 6.07) is 1.53. The number of carbonyl (C=O) groups is 1. The van der Waals surface area contributed by atoms with Gasteiger partial charge in [0.15, 0.2) is 0 Å². The van der Waals surface area contributed by atoms with E-state index >= 15 is 0 Å². The average molecular weight is 586 g/mol. The molecule has 0 bridgehead atoms. The molecule has 0 heterocycles. The number of unbranched alkanes of at least 4 members (excludes halogenated alkanes) is 2. The molecule has 29 heavy (non-hydrogen) atoms. The van der Waals surface area contributed by atoms with Crippen molar-refractivity contribution in [1.29, 1.82) is 0 Å². The van der Waals surface area contributed by atoms with Crippen molar-refractivity contribution in [2.45, 2.75) is 65.2 Å². The van der Waals surface area contributed by atoms with Gasteiger partial charge in [0.05, 0.1) is 0 Å². The molecule has 0 spiro atoms. The van der Waals surface area contributed by atoms with Crippen LogP contribution in [0, 0.1) is 5.92 Å². The molecule has 166 valence electrons. The first-order valence-electron chi connectivity index (χ1n) is 9.41. The molecule has 1 aliphatic rings. The number of phenolic OH excluding ortho intramolecular Hbond substituents is 1. The quantitative estimate of drug-likeness (QED) is 0.234. The van der Waals surface area contributed by atoms with Crippen LogP contribution in [0.1, 0.15) is 80.3 Å². The summed E-state index contributed by atoms with van der Waals surface area (Å²) in [5.41, 5.74) is 2.88. The van der Waals surface area contributed by atoms with Crippen LogP contribution < -0.4 is 0 Å². The Labute approximate surface area is 188 Å². The van der Waals surface area contributed by atoms with Crippen LogP contribution in [-0.2, 0) is 27.5 Å². The van der Waals surface area contributed by atoms with Crippen molar-refractivity contribution in [3.8, 4) is 11.5 Å². The predicted octanol–water partition coefficient (Wildman–Crippen LogP) is 6.98. The van der Waals surface area contributed by atoms with Gasteiger partial charge < -0.3 is 27.6 Å². The van der Waals surface area contributed by atoms with Crippen molar-refractivity contribution in [1.82, 2.24) is 0 Å². The SMILES string of the molecule is C=C(C)C1CCC(C)=CC1c1c(O)cc(CCCCC)c(C(=O)O)c1O.[NH2-].[NH2-].[Pt+2]. The number of nitrogens with two attached hydrogens (primary N) is 2. The van der Waals surface area contributed by atoms with Gasteiger partial charge in [0.25, 0.3) is 0 Å². The third kappa shape index (κ3) is 6.70. The van der Waals surface area contributed by atoms with E-state index in [1.807, 2.05) is 19.9 Å². The van der Waals surface area contributed by atoms with E-state index in [9.17, 15) is 20.1 Å². The average Bonchev–Trinajstić information content (AvgIpc) is 2.54. The number of carboxylic acid groups (broad SMARTS) is 1. The molecule has 1 aromatic rings. The van der Waals surface area contributed by atoms with Crippen LogP contribution >= 0.6 is 0 Å². The minimum atomic E-state index is -1.15. The second kappa shape index (κ2) is 12.8. The second-order valence-electron chi connectivity index (χ2n) is 7.48. The van der Waals surface area contributed by atoms with E-state index in [0.29, 0.717) is 17.5 Å². The number of hydrogen-bond donors (Lipinski definition) is 3. The molecule has 1 aromatic carbocycles. The molecule has 7 N–H and O–H groups in total. The number of aryl methyl sites for hydroxylation is 1. The minimum absolute atomic E-state index is 0. The fourth-order valence-electron chi connectivity index (χ4n) is 3.96. The zero-order valence-corrected chi connectivity index (χ0v) is 19.8. The molecule has 0 aromatic heterocycles. The van der Waals surface area contributed by atoms with Crippen LogP contribution in [-0.4, -0.2) is 21.3 Å². The van der Waals surface area contributed by atoms with Crippen LogP contribution in [0.5, 0.6) is 11.5 Å². The molecule has 2 rings (SSSR count). The fraction of sp³-hybridized carbons (Fsp3) is 0.500. The molecular formula is C22H34N2O4Pt. The van der Waals surface area contributed by atoms with Gasteiger partial charge in [0.1, 0.15) is 17.1 Å². The first kappa shape index (κ1) is 29.6. The number of rotatable bonds is 7. The minimum Gasteiger partial charge on any atom is -0.693 e. The van der Waals surface area contributed by atoms with Crippen molar-refractivity contribution < 1.29 is 41.2 Å². The van der Waals surface area contributed by atoms with Gasteiger partial charge in [0, 0.05) is 11.5 Å². The van der Waals surface area contributed by atoms with Crippen LogP contribution in [0.15, 0.2) is 29.9 Å². The molecule has 0 saturated heterocycles. The van der Waals surface area contributed by atoms with Gasteiger partial charge in [-0.1, -0.05) is 43.6 Å². The Morgan fingerprint density at radius 2 is 1.86 bits per heavy atom. The van der Waals surface area contributed by atoms with Gasteiger partial charge in [-0.25, -0.2) is 4.79 Å². The maximum atomic E-state index is 11.8. The van der Waals surface area contributed by atoms with Crippen LogP contribution in [0.3, 0.4) is 0 Å². The maximum Gasteiger partial charge on any atom is 2.00 e. The topological polar surface area (TPSA) is 145 Å². The van der Waals surface area contributed by atoms with Crippen LogP contribution in [0.2, 0.25) is 0 Å². The van der Waals surface area contributed by atoms with E-state index in [1.54, 1.807) is 0 Å². The van der Waals surface area contributed by atoms with E-state index in [0.717, 1.165) is 37.7 Å². The number of allylic oxidation sites excluding steroid dienone is 3. The van der Waals surface area contributed by atoms with E-state index in [4.69, 9.17) is 0 Å². The van der Waals surface area contributed by atoms with Gasteiger partial charge in [-0.05, 0) is 57.1 Å². The number of benzene rings is 1. The van der Waals surface area contributed by atoms with Crippen LogP contribution in [0.25, 0.3) is 12.3 Å². The molecular weight excluding hydrogens is 551 g/mol. The number of aromatic carboxylic acids is 1. The van der Waals surface area contributed by atoms with Gasteiger partial charge in [-0.15, -0.1) is 0 Å². The molecule has 6 nitrogen and oxygen atoms in total. The Kier molecular flexibility index (Phi) is 13.1. The molecule has 0 saturated carbocycles. The molecule has 7 heteroatoms. The number of hydrogen-bond acceptors (Lipinski definition) is 3. The smallest absolute Gasteiger partial charge is 0.693 e. The van der Waals surface area contributed by atoms with Crippen molar-refractivity contribution in [3.63, 3.8) is 0 Å². The fourth-order valence-corrected chi connectivity index (χ4v) is 3.96. The summed E-state index contributed by atoms with van der Waals surface area (Å²) in [4.78, 5) is 11.8. The summed E-state index contributed by atoms with van der Waals surface area (Å²) in [5.74, 6) is -1.67. The Morgan fingerprint density at radius 1 is 1.24 bits per heavy atom. The zero-order chi connectivity index (χ0) is 19.4. The standard InChI is InChI=1S/C22H30O4.2H2N.Pt/c1-5-6-7-8-15-12-18(23)20(21(24)19(15)22(25)26)17-11-14(4)9-10-16(17)13(2)3;;;/h11-12,16-17,23-24H,2,5-10H2,1,3-4H3,(H,25,26);2*1H2;/q;2*-1;+2. The largest absolute Gasteiger partial charge is 2.00 e. The Bertz CT molecular complexity index is 747. The summed E-state index contributed by atoms with van der Waals surface area (Å²) in [5, 5.41) is 31.1. The van der Waals surface area contributed by atoms with Crippen molar-refractivity contribution in [2.75, 3.05) is 0 Å². The second-order valence-corrected chi connectivity index (χ2v) is 7.48. The van der Waals surface area contributed by atoms with Gasteiger partial charge in [-0.2, -0.15) is 0 Å². The molecule has 0 aliphatic heterocycles. The van der Waals surface area contributed by atoms with E-state index in [1.165, 1.54) is 11.6 Å². The third-order valence-electron chi connectivity index (χ3n) is 5.38. The van der Waals surface area contributed by atoms with E-state index in [-0.39, 0.29) is 62.3 Å². The van der Waals surface area contributed by atoms with E-state index in [2.05, 4.69) is 13.5 Å².